The van der Waals surface area contributed by atoms with Crippen LogP contribution in [0, 0.1) is 0 Å². The molecule has 5 nitrogen and oxygen atoms in total. The molecule has 1 aliphatic rings. The number of aromatic amines is 2. The van der Waals surface area contributed by atoms with Crippen LogP contribution in [0.4, 0.5) is 0 Å². The molecule has 0 aliphatic heterocycles. The molecule has 2 N–H and O–H groups in total. The minimum Gasteiger partial charge on any atom is -0.343 e. The Morgan fingerprint density at radius 1 is 0.767 bits per heavy atom. The number of aromatic nitrogens is 4. The van der Waals surface area contributed by atoms with Crippen LogP contribution in [-0.4, -0.2) is 26.0 Å². The first-order chi connectivity index (χ1) is 14.9. The number of hydrogen-bond acceptors (Lipinski definition) is 3. The topological polar surface area (TPSA) is 66.6 Å². The Labute approximate surface area is 177 Å². The smallest absolute Gasteiger partial charge is 0.167 e. The predicted molar refractivity (Wildman–Crippen MR) is 120 cm³/mol. The fraction of sp³-hybridized carbons (Fsp3) is 0.250. The van der Waals surface area contributed by atoms with Crippen LogP contribution in [0.15, 0.2) is 85.5 Å². The Morgan fingerprint density at radius 2 is 1.27 bits per heavy atom. The number of hydrogen-bond donors (Lipinski definition) is 2. The Hall–Kier alpha value is -2.75. The summed E-state index contributed by atoms with van der Waals surface area (Å²) in [5.74, 6) is 0. The van der Waals surface area contributed by atoms with E-state index in [-0.39, 0.29) is 11.5 Å². The van der Waals surface area contributed by atoms with Crippen molar-refractivity contribution in [2.24, 2.45) is 0 Å². The first-order valence-electron chi connectivity index (χ1n) is 10.4. The molecule has 2 aromatic heterocycles. The van der Waals surface area contributed by atoms with Crippen molar-refractivity contribution in [3.05, 3.63) is 96.6 Å². The van der Waals surface area contributed by atoms with E-state index < -0.39 is 8.15 Å². The second-order valence-corrected chi connectivity index (χ2v) is 9.39. The highest BCUT2D eigenvalue weighted by molar-refractivity contribution is 7.67. The van der Waals surface area contributed by atoms with Gasteiger partial charge in [0, 0.05) is 30.2 Å². The summed E-state index contributed by atoms with van der Waals surface area (Å²) in [5.41, 5.74) is 4.54. The van der Waals surface area contributed by atoms with E-state index in [9.17, 15) is 0 Å². The summed E-state index contributed by atoms with van der Waals surface area (Å²) in [6.07, 6.45) is 11.5. The Bertz CT molecular complexity index is 952. The summed E-state index contributed by atoms with van der Waals surface area (Å²) < 4.78 is 6.62. The lowest BCUT2D eigenvalue weighted by Crippen LogP contribution is -2.36. The van der Waals surface area contributed by atoms with Crippen molar-refractivity contribution in [1.82, 2.24) is 19.9 Å². The van der Waals surface area contributed by atoms with Crippen molar-refractivity contribution in [3.8, 4) is 0 Å². The van der Waals surface area contributed by atoms with E-state index in [0.29, 0.717) is 0 Å². The molecular weight excluding hydrogens is 391 g/mol. The van der Waals surface area contributed by atoms with E-state index >= 15 is 0 Å². The molecule has 6 heteroatoms. The maximum absolute atomic E-state index is 6.62. The highest BCUT2D eigenvalue weighted by Gasteiger charge is 2.39. The zero-order chi connectivity index (χ0) is 20.2. The van der Waals surface area contributed by atoms with Crippen LogP contribution in [-0.2, 0) is 9.94 Å². The second-order valence-electron chi connectivity index (χ2n) is 7.74. The number of imidazole rings is 2. The van der Waals surface area contributed by atoms with Gasteiger partial charge < -0.3 is 14.5 Å². The van der Waals surface area contributed by atoms with E-state index in [1.807, 2.05) is 12.4 Å². The molecule has 1 aliphatic carbocycles. The van der Waals surface area contributed by atoms with Gasteiger partial charge >= 0.3 is 0 Å². The van der Waals surface area contributed by atoms with Gasteiger partial charge in [0.15, 0.2) is 19.3 Å². The van der Waals surface area contributed by atoms with Gasteiger partial charge in [-0.25, -0.2) is 9.97 Å². The van der Waals surface area contributed by atoms with Gasteiger partial charge in [0.2, 0.25) is 0 Å². The van der Waals surface area contributed by atoms with E-state index in [4.69, 9.17) is 4.52 Å². The van der Waals surface area contributed by atoms with Gasteiger partial charge in [0.1, 0.15) is 0 Å². The summed E-state index contributed by atoms with van der Waals surface area (Å²) >= 11 is 0. The number of H-pyrrole nitrogens is 2. The molecule has 0 atom stereocenters. The van der Waals surface area contributed by atoms with Gasteiger partial charge in [-0.3, -0.25) is 0 Å². The molecule has 0 radical (unpaired) electrons. The van der Waals surface area contributed by atoms with Gasteiger partial charge in [0.05, 0.1) is 6.10 Å². The van der Waals surface area contributed by atoms with Crippen molar-refractivity contribution in [2.45, 2.75) is 37.2 Å². The van der Waals surface area contributed by atoms with Crippen LogP contribution in [0.2, 0.25) is 0 Å². The van der Waals surface area contributed by atoms with E-state index in [0.717, 1.165) is 36.8 Å². The van der Waals surface area contributed by atoms with E-state index in [2.05, 4.69) is 80.6 Å². The van der Waals surface area contributed by atoms with Crippen LogP contribution < -0.4 is 11.1 Å². The standard InChI is InChI=1S/C24H25N4OP/c1-3-7-19(8-4-1)24(20-9-5-2-6-10-20)13-11-21(12-14-24)29-30(22-25-15-16-26-22)23-27-17-18-28-23/h1-10,15-18,21H,11-14H2,(H,25,26)(H,27,28). The lowest BCUT2D eigenvalue weighted by atomic mass is 9.65. The van der Waals surface area contributed by atoms with Crippen molar-refractivity contribution < 1.29 is 4.52 Å². The third-order valence-electron chi connectivity index (χ3n) is 6.05. The molecule has 0 spiro atoms. The quantitative estimate of drug-likeness (QED) is 0.457. The SMILES string of the molecule is c1ccc(C2(c3ccccc3)CCC(OP(c3ncc[nH]3)c3ncc[nH]3)CC2)cc1. The molecule has 1 fully saturated rings. The van der Waals surface area contributed by atoms with Crippen LogP contribution in [0.1, 0.15) is 36.8 Å². The maximum Gasteiger partial charge on any atom is 0.167 e. The Morgan fingerprint density at radius 3 is 1.70 bits per heavy atom. The third kappa shape index (κ3) is 3.71. The molecule has 2 heterocycles. The predicted octanol–water partition coefficient (Wildman–Crippen LogP) is 4.43. The summed E-state index contributed by atoms with van der Waals surface area (Å²) in [6, 6.07) is 21.9. The molecule has 0 amide bonds. The Kier molecular flexibility index (Phi) is 5.48. The zero-order valence-corrected chi connectivity index (χ0v) is 17.6. The van der Waals surface area contributed by atoms with Crippen LogP contribution in [0.25, 0.3) is 0 Å². The molecule has 0 bridgehead atoms. The second kappa shape index (κ2) is 8.55. The molecule has 152 valence electrons. The highest BCUT2D eigenvalue weighted by Crippen LogP contribution is 2.47. The zero-order valence-electron chi connectivity index (χ0n) is 16.7. The van der Waals surface area contributed by atoms with Crippen molar-refractivity contribution >= 4 is 19.3 Å². The lowest BCUT2D eigenvalue weighted by Gasteiger charge is -2.41. The van der Waals surface area contributed by atoms with Gasteiger partial charge in [-0.1, -0.05) is 60.7 Å². The number of nitrogens with zero attached hydrogens (tertiary/aromatic N) is 2. The number of nitrogens with one attached hydrogen (secondary N) is 2. The third-order valence-corrected chi connectivity index (χ3v) is 7.81. The van der Waals surface area contributed by atoms with Crippen molar-refractivity contribution in [3.63, 3.8) is 0 Å². The molecular formula is C24H25N4OP. The summed E-state index contributed by atoms with van der Waals surface area (Å²) in [7, 11) is -1.07. The molecule has 0 unspecified atom stereocenters. The largest absolute Gasteiger partial charge is 0.343 e. The van der Waals surface area contributed by atoms with Gasteiger partial charge in [-0.2, -0.15) is 0 Å². The van der Waals surface area contributed by atoms with Crippen LogP contribution in [0.5, 0.6) is 0 Å². The molecule has 1 saturated carbocycles. The van der Waals surface area contributed by atoms with E-state index in [1.165, 1.54) is 11.1 Å². The first-order valence-corrected chi connectivity index (χ1v) is 11.7. The first kappa shape index (κ1) is 19.2. The monoisotopic (exact) mass is 416 g/mol. The molecule has 30 heavy (non-hydrogen) atoms. The minimum absolute atomic E-state index is 0.0422. The lowest BCUT2D eigenvalue weighted by molar-refractivity contribution is 0.145. The highest BCUT2D eigenvalue weighted by atomic mass is 31.1. The average molecular weight is 416 g/mol. The number of rotatable bonds is 6. The fourth-order valence-corrected chi connectivity index (χ4v) is 6.17. The van der Waals surface area contributed by atoms with Gasteiger partial charge in [0.25, 0.3) is 0 Å². The van der Waals surface area contributed by atoms with E-state index in [1.54, 1.807) is 12.4 Å². The molecule has 2 aromatic carbocycles. The summed E-state index contributed by atoms with van der Waals surface area (Å²) in [4.78, 5) is 15.3. The van der Waals surface area contributed by atoms with Gasteiger partial charge in [-0.05, 0) is 36.8 Å². The van der Waals surface area contributed by atoms with Gasteiger partial charge in [-0.15, -0.1) is 0 Å². The van der Waals surface area contributed by atoms with Crippen LogP contribution >= 0.6 is 8.15 Å². The molecule has 5 rings (SSSR count). The molecule has 4 aromatic rings. The van der Waals surface area contributed by atoms with Crippen molar-refractivity contribution in [2.75, 3.05) is 0 Å². The van der Waals surface area contributed by atoms with Crippen LogP contribution in [0.3, 0.4) is 0 Å². The number of benzene rings is 2. The normalized spacial score (nSPS) is 16.7. The minimum atomic E-state index is -1.07. The summed E-state index contributed by atoms with van der Waals surface area (Å²) in [5, 5.41) is 0. The summed E-state index contributed by atoms with van der Waals surface area (Å²) in [6.45, 7) is 0. The molecule has 0 saturated heterocycles. The average Bonchev–Trinajstić information content (AvgIpc) is 3.54. The fourth-order valence-electron chi connectivity index (χ4n) is 4.53. The maximum atomic E-state index is 6.62. The van der Waals surface area contributed by atoms with Crippen molar-refractivity contribution in [1.29, 1.82) is 0 Å². The Balaban J connectivity index is 1.39.